The van der Waals surface area contributed by atoms with E-state index >= 15 is 0 Å². The number of amides is 3. The molecule has 2 aromatic carbocycles. The van der Waals surface area contributed by atoms with E-state index < -0.39 is 41.2 Å². The van der Waals surface area contributed by atoms with Crippen LogP contribution in [0.2, 0.25) is 0 Å². The minimum Gasteiger partial charge on any atom is -0.451 e. The van der Waals surface area contributed by atoms with E-state index in [-0.39, 0.29) is 23.3 Å². The first-order chi connectivity index (χ1) is 15.2. The molecule has 1 atom stereocenters. The summed E-state index contributed by atoms with van der Waals surface area (Å²) >= 11 is 0. The van der Waals surface area contributed by atoms with Gasteiger partial charge in [0.05, 0.1) is 16.5 Å². The lowest BCUT2D eigenvalue weighted by molar-refractivity contribution is -0.384. The van der Waals surface area contributed by atoms with Gasteiger partial charge >= 0.3 is 17.8 Å². The number of non-ortho nitro benzene ring substituents is 1. The van der Waals surface area contributed by atoms with Gasteiger partial charge in [-0.3, -0.25) is 29.6 Å². The van der Waals surface area contributed by atoms with Gasteiger partial charge in [0.25, 0.3) is 11.6 Å². The first kappa shape index (κ1) is 22.2. The summed E-state index contributed by atoms with van der Waals surface area (Å²) in [6.45, 7) is 0.863. The Morgan fingerprint density at radius 1 is 1.19 bits per heavy atom. The van der Waals surface area contributed by atoms with Crippen molar-refractivity contribution in [2.24, 2.45) is 0 Å². The number of nitro benzene ring substituents is 1. The maximum Gasteiger partial charge on any atom is 0.420 e. The molecule has 2 N–H and O–H groups in total. The standard InChI is InChI=1S/C20H18N4O8/c1-12(18(26)22-19(27)21-10-13-5-3-2-4-6-13)31-17(25)11-23-15-8-7-14(24(29)30)9-16(15)32-20(23)28/h2-9,12H,10-11H2,1H3,(H2,21,22,26,27). The van der Waals surface area contributed by atoms with Crippen molar-refractivity contribution in [2.45, 2.75) is 26.1 Å². The number of carbonyl (C=O) groups excluding carboxylic acids is 3. The first-order valence-corrected chi connectivity index (χ1v) is 9.34. The minimum atomic E-state index is -1.32. The second-order valence-electron chi connectivity index (χ2n) is 6.65. The fraction of sp³-hybridized carbons (Fsp3) is 0.200. The van der Waals surface area contributed by atoms with Crippen molar-refractivity contribution in [3.63, 3.8) is 0 Å². The second-order valence-corrected chi connectivity index (χ2v) is 6.65. The zero-order valence-electron chi connectivity index (χ0n) is 16.8. The molecule has 1 unspecified atom stereocenters. The average Bonchev–Trinajstić information content (AvgIpc) is 3.07. The Labute approximate surface area is 179 Å². The molecule has 0 bridgehead atoms. The number of nitro groups is 1. The molecular weight excluding hydrogens is 424 g/mol. The number of urea groups is 1. The lowest BCUT2D eigenvalue weighted by Gasteiger charge is -2.13. The molecule has 32 heavy (non-hydrogen) atoms. The number of nitrogens with one attached hydrogen (secondary N) is 2. The Hall–Kier alpha value is -4.48. The van der Waals surface area contributed by atoms with Gasteiger partial charge in [-0.1, -0.05) is 30.3 Å². The number of aromatic nitrogens is 1. The molecule has 12 heteroatoms. The average molecular weight is 442 g/mol. The number of nitrogens with zero attached hydrogens (tertiary/aromatic N) is 2. The van der Waals surface area contributed by atoms with E-state index in [0.717, 1.165) is 22.3 Å². The number of imide groups is 1. The van der Waals surface area contributed by atoms with Crippen molar-refractivity contribution in [1.29, 1.82) is 0 Å². The van der Waals surface area contributed by atoms with Crippen molar-refractivity contribution in [3.8, 4) is 0 Å². The number of carbonyl (C=O) groups is 3. The molecule has 0 saturated heterocycles. The molecule has 3 amide bonds. The van der Waals surface area contributed by atoms with Crippen molar-refractivity contribution < 1.29 is 28.5 Å². The highest BCUT2D eigenvalue weighted by atomic mass is 16.6. The fourth-order valence-electron chi connectivity index (χ4n) is 2.77. The van der Waals surface area contributed by atoms with Gasteiger partial charge in [-0.2, -0.15) is 0 Å². The van der Waals surface area contributed by atoms with Gasteiger partial charge in [0.1, 0.15) is 6.54 Å². The van der Waals surface area contributed by atoms with E-state index in [2.05, 4.69) is 10.6 Å². The van der Waals surface area contributed by atoms with E-state index in [1.807, 2.05) is 6.07 Å². The molecule has 166 valence electrons. The molecule has 0 aliphatic heterocycles. The summed E-state index contributed by atoms with van der Waals surface area (Å²) in [4.78, 5) is 58.3. The molecule has 0 aliphatic carbocycles. The smallest absolute Gasteiger partial charge is 0.420 e. The van der Waals surface area contributed by atoms with Gasteiger partial charge in [-0.15, -0.1) is 0 Å². The van der Waals surface area contributed by atoms with Gasteiger partial charge in [0, 0.05) is 12.6 Å². The van der Waals surface area contributed by atoms with E-state index in [1.165, 1.54) is 13.0 Å². The van der Waals surface area contributed by atoms with Gasteiger partial charge in [-0.05, 0) is 18.6 Å². The molecule has 3 aromatic rings. The third kappa shape index (κ3) is 5.36. The summed E-state index contributed by atoms with van der Waals surface area (Å²) in [5, 5.41) is 15.4. The lowest BCUT2D eigenvalue weighted by atomic mass is 10.2. The predicted molar refractivity (Wildman–Crippen MR) is 110 cm³/mol. The summed E-state index contributed by atoms with van der Waals surface area (Å²) in [5.74, 6) is -2.72. The number of ether oxygens (including phenoxy) is 1. The number of fused-ring (bicyclic) bond motifs is 1. The van der Waals surface area contributed by atoms with E-state index in [4.69, 9.17) is 9.15 Å². The van der Waals surface area contributed by atoms with Crippen LogP contribution in [-0.2, 0) is 27.4 Å². The van der Waals surface area contributed by atoms with Crippen LogP contribution in [0.1, 0.15) is 12.5 Å². The van der Waals surface area contributed by atoms with Gasteiger partial charge < -0.3 is 14.5 Å². The summed E-state index contributed by atoms with van der Waals surface area (Å²) in [6, 6.07) is 11.7. The highest BCUT2D eigenvalue weighted by Crippen LogP contribution is 2.20. The van der Waals surface area contributed by atoms with Crippen molar-refractivity contribution in [2.75, 3.05) is 0 Å². The zero-order chi connectivity index (χ0) is 23.3. The van der Waals surface area contributed by atoms with E-state index in [9.17, 15) is 29.3 Å². The van der Waals surface area contributed by atoms with Gasteiger partial charge in [0.2, 0.25) is 0 Å². The summed E-state index contributed by atoms with van der Waals surface area (Å²) in [7, 11) is 0. The summed E-state index contributed by atoms with van der Waals surface area (Å²) in [6.07, 6.45) is -1.32. The molecule has 3 rings (SSSR count). The molecule has 1 aromatic heterocycles. The van der Waals surface area contributed by atoms with Crippen LogP contribution < -0.4 is 16.4 Å². The van der Waals surface area contributed by atoms with Crippen LogP contribution >= 0.6 is 0 Å². The fourth-order valence-corrected chi connectivity index (χ4v) is 2.77. The summed E-state index contributed by atoms with van der Waals surface area (Å²) in [5.41, 5.74) is 0.627. The van der Waals surface area contributed by atoms with Crippen LogP contribution in [0, 0.1) is 10.1 Å². The van der Waals surface area contributed by atoms with Crippen molar-refractivity contribution in [3.05, 3.63) is 74.8 Å². The molecule has 0 spiro atoms. The van der Waals surface area contributed by atoms with E-state index in [0.29, 0.717) is 0 Å². The third-order valence-corrected chi connectivity index (χ3v) is 4.36. The van der Waals surface area contributed by atoms with Crippen LogP contribution in [0.4, 0.5) is 10.5 Å². The van der Waals surface area contributed by atoms with Crippen molar-refractivity contribution in [1.82, 2.24) is 15.2 Å². The number of hydrogen-bond acceptors (Lipinski definition) is 8. The molecular formula is C20H18N4O8. The monoisotopic (exact) mass is 442 g/mol. The van der Waals surface area contributed by atoms with E-state index in [1.54, 1.807) is 24.3 Å². The summed E-state index contributed by atoms with van der Waals surface area (Å²) < 4.78 is 10.8. The Morgan fingerprint density at radius 2 is 1.91 bits per heavy atom. The maximum absolute atomic E-state index is 12.2. The SMILES string of the molecule is CC(OC(=O)Cn1c(=O)oc2cc([N+](=O)[O-])ccc21)C(=O)NC(=O)NCc1ccccc1. The highest BCUT2D eigenvalue weighted by molar-refractivity contribution is 5.97. The minimum absolute atomic E-state index is 0.0714. The Morgan fingerprint density at radius 3 is 2.59 bits per heavy atom. The molecule has 0 saturated carbocycles. The second kappa shape index (κ2) is 9.55. The molecule has 0 radical (unpaired) electrons. The first-order valence-electron chi connectivity index (χ1n) is 9.34. The Kier molecular flexibility index (Phi) is 6.63. The lowest BCUT2D eigenvalue weighted by Crippen LogP contribution is -2.44. The van der Waals surface area contributed by atoms with Crippen LogP contribution in [0.5, 0.6) is 0 Å². The van der Waals surface area contributed by atoms with Crippen molar-refractivity contribution >= 4 is 34.7 Å². The number of esters is 1. The zero-order valence-corrected chi connectivity index (χ0v) is 16.8. The molecule has 1 heterocycles. The maximum atomic E-state index is 12.2. The molecule has 12 nitrogen and oxygen atoms in total. The number of hydrogen-bond donors (Lipinski definition) is 2. The van der Waals surface area contributed by atoms with Crippen LogP contribution in [0.15, 0.2) is 57.7 Å². The normalized spacial score (nSPS) is 11.5. The largest absolute Gasteiger partial charge is 0.451 e. The highest BCUT2D eigenvalue weighted by Gasteiger charge is 2.22. The van der Waals surface area contributed by atoms with Gasteiger partial charge in [0.15, 0.2) is 11.7 Å². The van der Waals surface area contributed by atoms with Crippen LogP contribution in [0.25, 0.3) is 11.1 Å². The number of oxazole rings is 1. The third-order valence-electron chi connectivity index (χ3n) is 4.36. The molecule has 0 aliphatic rings. The quantitative estimate of drug-likeness (QED) is 0.315. The predicted octanol–water partition coefficient (Wildman–Crippen LogP) is 1.46. The van der Waals surface area contributed by atoms with Crippen LogP contribution in [-0.4, -0.2) is 33.5 Å². The topological polar surface area (TPSA) is 163 Å². The molecule has 0 fully saturated rings. The number of rotatable bonds is 7. The number of benzene rings is 2. The Bertz CT molecular complexity index is 1230. The Balaban J connectivity index is 1.55. The van der Waals surface area contributed by atoms with Crippen LogP contribution in [0.3, 0.4) is 0 Å². The van der Waals surface area contributed by atoms with Gasteiger partial charge in [-0.25, -0.2) is 9.59 Å².